The third kappa shape index (κ3) is 4.56. The van der Waals surface area contributed by atoms with E-state index in [0.717, 1.165) is 49.7 Å². The number of nitrogens with one attached hydrogen (secondary N) is 1. The summed E-state index contributed by atoms with van der Waals surface area (Å²) < 4.78 is 5.39. The quantitative estimate of drug-likeness (QED) is 0.365. The molecule has 6 rings (SSSR count). The molecule has 2 aliphatic rings. The van der Waals surface area contributed by atoms with Gasteiger partial charge in [0.25, 0.3) is 5.91 Å². The topological polar surface area (TPSA) is 61.6 Å². The number of para-hydroxylation sites is 1. The number of thiophene rings is 1. The number of hydrogen-bond acceptors (Lipinski definition) is 6. The maximum Gasteiger partial charge on any atom is 0.291 e. The number of nitrogens with zero attached hydrogens (tertiary/aromatic N) is 3. The third-order valence-electron chi connectivity index (χ3n) is 7.23. The van der Waals surface area contributed by atoms with Crippen LogP contribution in [-0.4, -0.2) is 42.0 Å². The molecule has 184 valence electrons. The summed E-state index contributed by atoms with van der Waals surface area (Å²) in [4.78, 5) is 24.3. The summed E-state index contributed by atoms with van der Waals surface area (Å²) in [6.07, 6.45) is 7.91. The lowest BCUT2D eigenvalue weighted by atomic mass is 9.90. The third-order valence-corrected chi connectivity index (χ3v) is 8.45. The van der Waals surface area contributed by atoms with Gasteiger partial charge in [0.2, 0.25) is 0 Å². The number of piperazine rings is 1. The summed E-state index contributed by atoms with van der Waals surface area (Å²) in [5.74, 6) is 0.131. The van der Waals surface area contributed by atoms with Gasteiger partial charge in [-0.25, -0.2) is 0 Å². The average Bonchev–Trinajstić information content (AvgIpc) is 3.60. The lowest BCUT2D eigenvalue weighted by Crippen LogP contribution is -2.48. The highest BCUT2D eigenvalue weighted by atomic mass is 32.1. The van der Waals surface area contributed by atoms with Crippen molar-refractivity contribution in [3.63, 3.8) is 0 Å². The van der Waals surface area contributed by atoms with Gasteiger partial charge in [-0.15, -0.1) is 11.3 Å². The van der Waals surface area contributed by atoms with Gasteiger partial charge >= 0.3 is 0 Å². The second-order valence-corrected chi connectivity index (χ2v) is 10.5. The standard InChI is InChI=1S/C29H30N4O2S/c34-28(24-13-8-20-35-24)31-29-26(22-11-4-5-14-25(22)36-29)27(23-12-6-7-15-30-23)33-18-16-32(17-19-33)21-9-2-1-3-10-21/h1-3,6-10,12-13,15,20,27H,4-5,11,14,16-19H2,(H,31,34)/t27-/m0/s1. The number of anilines is 2. The number of furan rings is 1. The molecule has 6 nitrogen and oxygen atoms in total. The molecule has 1 aliphatic carbocycles. The monoisotopic (exact) mass is 498 g/mol. The number of carbonyl (C=O) groups is 1. The van der Waals surface area contributed by atoms with E-state index in [4.69, 9.17) is 9.40 Å². The average molecular weight is 499 g/mol. The van der Waals surface area contributed by atoms with Crippen molar-refractivity contribution in [2.75, 3.05) is 36.4 Å². The second-order valence-electron chi connectivity index (χ2n) is 9.40. The number of rotatable bonds is 6. The number of amides is 1. The first-order chi connectivity index (χ1) is 17.8. The van der Waals surface area contributed by atoms with Gasteiger partial charge in [0.05, 0.1) is 18.0 Å². The Balaban J connectivity index is 1.36. The van der Waals surface area contributed by atoms with E-state index in [-0.39, 0.29) is 11.9 Å². The second kappa shape index (κ2) is 10.3. The fraction of sp³-hybridized carbons (Fsp3) is 0.310. The Morgan fingerprint density at radius 3 is 2.50 bits per heavy atom. The van der Waals surface area contributed by atoms with E-state index in [1.54, 1.807) is 23.5 Å². The fourth-order valence-electron chi connectivity index (χ4n) is 5.48. The molecule has 4 heterocycles. The van der Waals surface area contributed by atoms with Crippen molar-refractivity contribution >= 4 is 27.9 Å². The number of aryl methyl sites for hydroxylation is 1. The van der Waals surface area contributed by atoms with Crippen LogP contribution < -0.4 is 10.2 Å². The number of benzene rings is 1. The maximum absolute atomic E-state index is 13.0. The molecule has 1 atom stereocenters. The number of aromatic nitrogens is 1. The summed E-state index contributed by atoms with van der Waals surface area (Å²) in [6.45, 7) is 3.75. The number of carbonyl (C=O) groups excluding carboxylic acids is 1. The van der Waals surface area contributed by atoms with Crippen molar-refractivity contribution in [3.8, 4) is 0 Å². The Bertz CT molecular complexity index is 1300. The summed E-state index contributed by atoms with van der Waals surface area (Å²) in [6, 6.07) is 20.2. The van der Waals surface area contributed by atoms with Crippen LogP contribution in [0.15, 0.2) is 77.5 Å². The van der Waals surface area contributed by atoms with E-state index in [2.05, 4.69) is 57.6 Å². The molecule has 1 aromatic carbocycles. The molecular formula is C29H30N4O2S. The Morgan fingerprint density at radius 2 is 1.75 bits per heavy atom. The number of pyridine rings is 1. The molecule has 0 unspecified atom stereocenters. The van der Waals surface area contributed by atoms with Crippen molar-refractivity contribution in [1.29, 1.82) is 0 Å². The zero-order valence-corrected chi connectivity index (χ0v) is 21.0. The van der Waals surface area contributed by atoms with Gasteiger partial charge in [-0.2, -0.15) is 0 Å². The van der Waals surface area contributed by atoms with Crippen molar-refractivity contribution in [1.82, 2.24) is 9.88 Å². The van der Waals surface area contributed by atoms with E-state index in [9.17, 15) is 4.79 Å². The van der Waals surface area contributed by atoms with E-state index in [0.29, 0.717) is 5.76 Å². The predicted molar refractivity (Wildman–Crippen MR) is 144 cm³/mol. The van der Waals surface area contributed by atoms with Gasteiger partial charge in [-0.05, 0) is 67.6 Å². The Kier molecular flexibility index (Phi) is 6.57. The van der Waals surface area contributed by atoms with Crippen LogP contribution >= 0.6 is 11.3 Å². The minimum atomic E-state index is -0.200. The highest BCUT2D eigenvalue weighted by Gasteiger charge is 2.34. The van der Waals surface area contributed by atoms with E-state index < -0.39 is 0 Å². The molecule has 1 saturated heterocycles. The van der Waals surface area contributed by atoms with Gasteiger partial charge in [0.1, 0.15) is 5.00 Å². The highest BCUT2D eigenvalue weighted by molar-refractivity contribution is 7.16. The van der Waals surface area contributed by atoms with E-state index in [1.807, 2.05) is 12.3 Å². The summed E-state index contributed by atoms with van der Waals surface area (Å²) in [5.41, 5.74) is 4.93. The normalized spacial score (nSPS) is 16.9. The van der Waals surface area contributed by atoms with Crippen LogP contribution in [0, 0.1) is 0 Å². The fourth-order valence-corrected chi connectivity index (χ4v) is 6.79. The lowest BCUT2D eigenvalue weighted by Gasteiger charge is -2.40. The van der Waals surface area contributed by atoms with Gasteiger partial charge in [-0.3, -0.25) is 14.7 Å². The first kappa shape index (κ1) is 23.0. The Labute approximate surface area is 215 Å². The van der Waals surface area contributed by atoms with Gasteiger partial charge in [-0.1, -0.05) is 24.3 Å². The van der Waals surface area contributed by atoms with Crippen LogP contribution in [0.3, 0.4) is 0 Å². The Hall–Kier alpha value is -3.42. The van der Waals surface area contributed by atoms with Crippen LogP contribution in [-0.2, 0) is 12.8 Å². The zero-order chi connectivity index (χ0) is 24.3. The largest absolute Gasteiger partial charge is 0.459 e. The smallest absolute Gasteiger partial charge is 0.291 e. The molecule has 1 aliphatic heterocycles. The maximum atomic E-state index is 13.0. The number of fused-ring (bicyclic) bond motifs is 1. The molecule has 1 N–H and O–H groups in total. The molecule has 0 bridgehead atoms. The molecule has 0 radical (unpaired) electrons. The van der Waals surface area contributed by atoms with Crippen LogP contribution in [0.25, 0.3) is 0 Å². The molecule has 0 saturated carbocycles. The predicted octanol–water partition coefficient (Wildman–Crippen LogP) is 5.78. The molecule has 0 spiro atoms. The Morgan fingerprint density at radius 1 is 0.944 bits per heavy atom. The molecule has 7 heteroatoms. The van der Waals surface area contributed by atoms with E-state index >= 15 is 0 Å². The molecular weight excluding hydrogens is 468 g/mol. The van der Waals surface area contributed by atoms with Gasteiger partial charge in [0, 0.05) is 48.5 Å². The minimum absolute atomic E-state index is 0.00544. The molecule has 4 aromatic rings. The SMILES string of the molecule is O=C(Nc1sc2c(c1[C@H](c1ccccn1)N1CCN(c3ccccc3)CC1)CCCC2)c1ccco1. The minimum Gasteiger partial charge on any atom is -0.459 e. The molecule has 36 heavy (non-hydrogen) atoms. The highest BCUT2D eigenvalue weighted by Crippen LogP contribution is 2.45. The first-order valence-electron chi connectivity index (χ1n) is 12.7. The van der Waals surface area contributed by atoms with Crippen LogP contribution in [0.1, 0.15) is 51.1 Å². The zero-order valence-electron chi connectivity index (χ0n) is 20.2. The first-order valence-corrected chi connectivity index (χ1v) is 13.5. The van der Waals surface area contributed by atoms with E-state index in [1.165, 1.54) is 40.8 Å². The van der Waals surface area contributed by atoms with Gasteiger partial charge < -0.3 is 14.6 Å². The summed E-state index contributed by atoms with van der Waals surface area (Å²) in [5, 5.41) is 4.15. The van der Waals surface area contributed by atoms with Crippen molar-refractivity contribution in [2.24, 2.45) is 0 Å². The van der Waals surface area contributed by atoms with Crippen molar-refractivity contribution < 1.29 is 9.21 Å². The lowest BCUT2D eigenvalue weighted by molar-refractivity contribution is 0.0996. The molecule has 1 amide bonds. The molecule has 3 aromatic heterocycles. The van der Waals surface area contributed by atoms with Crippen LogP contribution in [0.2, 0.25) is 0 Å². The number of hydrogen-bond donors (Lipinski definition) is 1. The van der Waals surface area contributed by atoms with Crippen LogP contribution in [0.4, 0.5) is 10.7 Å². The van der Waals surface area contributed by atoms with Crippen LogP contribution in [0.5, 0.6) is 0 Å². The molecule has 1 fully saturated rings. The van der Waals surface area contributed by atoms with Crippen molar-refractivity contribution in [3.05, 3.63) is 101 Å². The van der Waals surface area contributed by atoms with Crippen molar-refractivity contribution in [2.45, 2.75) is 31.7 Å². The summed E-state index contributed by atoms with van der Waals surface area (Å²) >= 11 is 1.73. The summed E-state index contributed by atoms with van der Waals surface area (Å²) in [7, 11) is 0. The van der Waals surface area contributed by atoms with Gasteiger partial charge in [0.15, 0.2) is 5.76 Å².